The lowest BCUT2D eigenvalue weighted by atomic mass is 10.0. The highest BCUT2D eigenvalue weighted by molar-refractivity contribution is 7.90. The van der Waals surface area contributed by atoms with Gasteiger partial charge in [-0.3, -0.25) is 4.90 Å². The van der Waals surface area contributed by atoms with E-state index in [0.29, 0.717) is 0 Å². The van der Waals surface area contributed by atoms with Gasteiger partial charge in [0.05, 0.1) is 11.0 Å². The first kappa shape index (κ1) is 15.4. The Bertz CT molecular complexity index is 536. The minimum atomic E-state index is -3.19. The molecule has 2 atom stereocenters. The van der Waals surface area contributed by atoms with Crippen LogP contribution in [0.15, 0.2) is 29.2 Å². The van der Waals surface area contributed by atoms with Crippen molar-refractivity contribution in [1.29, 1.82) is 0 Å². The first-order valence-corrected chi connectivity index (χ1v) is 8.71. The van der Waals surface area contributed by atoms with Crippen molar-refractivity contribution in [2.45, 2.75) is 24.0 Å². The molecule has 1 heterocycles. The van der Waals surface area contributed by atoms with Crippen LogP contribution in [0.2, 0.25) is 0 Å². The van der Waals surface area contributed by atoms with E-state index in [1.165, 1.54) is 6.26 Å². The maximum absolute atomic E-state index is 11.4. The van der Waals surface area contributed by atoms with E-state index in [2.05, 4.69) is 10.2 Å². The number of nitrogens with one attached hydrogen (secondary N) is 1. The molecule has 0 saturated carbocycles. The number of nitrogens with zero attached hydrogens (tertiary/aromatic N) is 1. The number of aliphatic hydroxyl groups excluding tert-OH is 1. The van der Waals surface area contributed by atoms with E-state index in [-0.39, 0.29) is 10.9 Å². The molecule has 2 unspecified atom stereocenters. The van der Waals surface area contributed by atoms with Crippen LogP contribution >= 0.6 is 0 Å². The van der Waals surface area contributed by atoms with Crippen LogP contribution in [0.4, 0.5) is 0 Å². The Balaban J connectivity index is 2.10. The third-order valence-electron chi connectivity index (χ3n) is 3.83. The molecule has 20 heavy (non-hydrogen) atoms. The zero-order valence-corrected chi connectivity index (χ0v) is 12.7. The summed E-state index contributed by atoms with van der Waals surface area (Å²) in [6.45, 7) is 5.70. The zero-order chi connectivity index (χ0) is 14.8. The van der Waals surface area contributed by atoms with Gasteiger partial charge in [-0.2, -0.15) is 0 Å². The second-order valence-corrected chi connectivity index (χ2v) is 7.33. The summed E-state index contributed by atoms with van der Waals surface area (Å²) in [5.41, 5.74) is 0.753. The predicted octanol–water partition coefficient (Wildman–Crippen LogP) is 0.417. The normalized spacial score (nSPS) is 20.6. The monoisotopic (exact) mass is 298 g/mol. The first-order valence-electron chi connectivity index (χ1n) is 6.82. The van der Waals surface area contributed by atoms with Gasteiger partial charge < -0.3 is 10.4 Å². The summed E-state index contributed by atoms with van der Waals surface area (Å²) in [5, 5.41) is 13.7. The molecule has 2 N–H and O–H groups in total. The van der Waals surface area contributed by atoms with E-state index >= 15 is 0 Å². The van der Waals surface area contributed by atoms with Crippen molar-refractivity contribution in [3.63, 3.8) is 0 Å². The Hall–Kier alpha value is -0.950. The van der Waals surface area contributed by atoms with E-state index in [1.54, 1.807) is 24.3 Å². The SMILES string of the molecule is CC(C(O)c1ccc(S(C)(=O)=O)cc1)N1CCNCC1. The van der Waals surface area contributed by atoms with Gasteiger partial charge in [-0.05, 0) is 24.6 Å². The van der Waals surface area contributed by atoms with Crippen molar-refractivity contribution in [2.24, 2.45) is 0 Å². The fourth-order valence-electron chi connectivity index (χ4n) is 2.48. The standard InChI is InChI=1S/C14H22N2O3S/c1-11(16-9-7-15-8-10-16)14(17)12-3-5-13(6-4-12)20(2,18)19/h3-6,11,14-15,17H,7-10H2,1-2H3. The number of hydrogen-bond acceptors (Lipinski definition) is 5. The number of benzene rings is 1. The van der Waals surface area contributed by atoms with Crippen LogP contribution in [-0.4, -0.2) is 56.9 Å². The van der Waals surface area contributed by atoms with Crippen LogP contribution in [0.3, 0.4) is 0 Å². The molecule has 1 aromatic rings. The van der Waals surface area contributed by atoms with Gasteiger partial charge in [0, 0.05) is 38.5 Å². The lowest BCUT2D eigenvalue weighted by Crippen LogP contribution is -2.49. The molecule has 0 spiro atoms. The number of hydrogen-bond donors (Lipinski definition) is 2. The molecule has 0 amide bonds. The van der Waals surface area contributed by atoms with Crippen molar-refractivity contribution < 1.29 is 13.5 Å². The summed E-state index contributed by atoms with van der Waals surface area (Å²) < 4.78 is 22.8. The fourth-order valence-corrected chi connectivity index (χ4v) is 3.11. The quantitative estimate of drug-likeness (QED) is 0.843. The van der Waals surface area contributed by atoms with E-state index in [0.717, 1.165) is 31.7 Å². The van der Waals surface area contributed by atoms with Gasteiger partial charge in [-0.15, -0.1) is 0 Å². The summed E-state index contributed by atoms with van der Waals surface area (Å²) >= 11 is 0. The number of piperazine rings is 1. The van der Waals surface area contributed by atoms with E-state index < -0.39 is 15.9 Å². The second kappa shape index (κ2) is 6.22. The van der Waals surface area contributed by atoms with Gasteiger partial charge in [0.15, 0.2) is 9.84 Å². The molecule has 6 heteroatoms. The van der Waals surface area contributed by atoms with Crippen LogP contribution in [0.1, 0.15) is 18.6 Å². The number of aliphatic hydroxyl groups is 1. The van der Waals surface area contributed by atoms with Gasteiger partial charge in [0.2, 0.25) is 0 Å². The molecule has 112 valence electrons. The van der Waals surface area contributed by atoms with Crippen molar-refractivity contribution in [3.8, 4) is 0 Å². The molecular formula is C14H22N2O3S. The average Bonchev–Trinajstić information content (AvgIpc) is 2.46. The average molecular weight is 298 g/mol. The molecular weight excluding hydrogens is 276 g/mol. The zero-order valence-electron chi connectivity index (χ0n) is 11.9. The molecule has 1 aromatic carbocycles. The van der Waals surface area contributed by atoms with Crippen LogP contribution < -0.4 is 5.32 Å². The molecule has 1 fully saturated rings. The minimum Gasteiger partial charge on any atom is -0.387 e. The topological polar surface area (TPSA) is 69.6 Å². The fraction of sp³-hybridized carbons (Fsp3) is 0.571. The molecule has 2 rings (SSSR count). The highest BCUT2D eigenvalue weighted by Crippen LogP contribution is 2.22. The smallest absolute Gasteiger partial charge is 0.175 e. The van der Waals surface area contributed by atoms with Crippen molar-refractivity contribution in [2.75, 3.05) is 32.4 Å². The van der Waals surface area contributed by atoms with Crippen molar-refractivity contribution in [3.05, 3.63) is 29.8 Å². The summed E-state index contributed by atoms with van der Waals surface area (Å²) in [7, 11) is -3.19. The van der Waals surface area contributed by atoms with Gasteiger partial charge in [0.25, 0.3) is 0 Å². The minimum absolute atomic E-state index is 0.0150. The van der Waals surface area contributed by atoms with Crippen LogP contribution in [-0.2, 0) is 9.84 Å². The molecule has 1 aliphatic rings. The van der Waals surface area contributed by atoms with E-state index in [4.69, 9.17) is 0 Å². The van der Waals surface area contributed by atoms with Crippen molar-refractivity contribution in [1.82, 2.24) is 10.2 Å². The first-order chi connectivity index (χ1) is 9.39. The molecule has 0 radical (unpaired) electrons. The Morgan fingerprint density at radius 3 is 2.25 bits per heavy atom. The Morgan fingerprint density at radius 1 is 1.20 bits per heavy atom. The van der Waals surface area contributed by atoms with Gasteiger partial charge in [-0.25, -0.2) is 8.42 Å². The second-order valence-electron chi connectivity index (χ2n) is 5.31. The number of sulfone groups is 1. The van der Waals surface area contributed by atoms with Gasteiger partial charge in [0.1, 0.15) is 0 Å². The third-order valence-corrected chi connectivity index (χ3v) is 4.96. The molecule has 5 nitrogen and oxygen atoms in total. The summed E-state index contributed by atoms with van der Waals surface area (Å²) in [4.78, 5) is 2.52. The largest absolute Gasteiger partial charge is 0.387 e. The Labute approximate surface area is 120 Å². The van der Waals surface area contributed by atoms with Gasteiger partial charge in [-0.1, -0.05) is 12.1 Å². The summed E-state index contributed by atoms with van der Waals surface area (Å²) in [6, 6.07) is 6.51. The lowest BCUT2D eigenvalue weighted by Gasteiger charge is -2.35. The molecule has 0 aromatic heterocycles. The maximum atomic E-state index is 11.4. The summed E-state index contributed by atoms with van der Waals surface area (Å²) in [5.74, 6) is 0. The lowest BCUT2D eigenvalue weighted by molar-refractivity contribution is 0.0510. The van der Waals surface area contributed by atoms with E-state index in [1.807, 2.05) is 6.92 Å². The Kier molecular flexibility index (Phi) is 4.80. The molecule has 1 saturated heterocycles. The molecule has 0 bridgehead atoms. The van der Waals surface area contributed by atoms with Gasteiger partial charge >= 0.3 is 0 Å². The Morgan fingerprint density at radius 2 is 1.75 bits per heavy atom. The molecule has 1 aliphatic heterocycles. The molecule has 0 aliphatic carbocycles. The summed E-state index contributed by atoms with van der Waals surface area (Å²) in [6.07, 6.45) is 0.573. The van der Waals surface area contributed by atoms with Crippen LogP contribution in [0.25, 0.3) is 0 Å². The predicted molar refractivity (Wildman–Crippen MR) is 78.4 cm³/mol. The van der Waals surface area contributed by atoms with Crippen LogP contribution in [0.5, 0.6) is 0 Å². The highest BCUT2D eigenvalue weighted by Gasteiger charge is 2.24. The third kappa shape index (κ3) is 3.58. The van der Waals surface area contributed by atoms with Crippen LogP contribution in [0, 0.1) is 0 Å². The maximum Gasteiger partial charge on any atom is 0.175 e. The highest BCUT2D eigenvalue weighted by atomic mass is 32.2. The van der Waals surface area contributed by atoms with Crippen molar-refractivity contribution >= 4 is 9.84 Å². The van der Waals surface area contributed by atoms with E-state index in [9.17, 15) is 13.5 Å². The number of rotatable bonds is 4.